The van der Waals surface area contributed by atoms with Crippen LogP contribution in [0.5, 0.6) is 0 Å². The lowest BCUT2D eigenvalue weighted by Crippen LogP contribution is -2.28. The number of hydrogen-bond acceptors (Lipinski definition) is 2. The largest absolute Gasteiger partial charge is 0.384 e. The summed E-state index contributed by atoms with van der Waals surface area (Å²) in [5.41, 5.74) is 1.70. The maximum Gasteiger partial charge on any atom is 0.0351 e. The van der Waals surface area contributed by atoms with E-state index in [2.05, 4.69) is 58.2 Å². The first-order chi connectivity index (χ1) is 8.05. The molecule has 0 aromatic heterocycles. The van der Waals surface area contributed by atoms with Crippen molar-refractivity contribution in [2.24, 2.45) is 5.41 Å². The number of anilines is 1. The fourth-order valence-electron chi connectivity index (χ4n) is 2.37. The van der Waals surface area contributed by atoms with E-state index in [9.17, 15) is 0 Å². The highest BCUT2D eigenvalue weighted by atomic mass is 79.9. The predicted octanol–water partition coefficient (Wildman–Crippen LogP) is 3.59. The minimum Gasteiger partial charge on any atom is -0.384 e. The van der Waals surface area contributed by atoms with Gasteiger partial charge in [0, 0.05) is 29.8 Å². The van der Waals surface area contributed by atoms with Gasteiger partial charge in [-0.15, -0.1) is 0 Å². The molecule has 94 valence electrons. The maximum atomic E-state index is 3.48. The van der Waals surface area contributed by atoms with Crippen LogP contribution in [0.1, 0.15) is 20.3 Å². The van der Waals surface area contributed by atoms with Gasteiger partial charge in [0.15, 0.2) is 0 Å². The minimum absolute atomic E-state index is 0.510. The number of likely N-dealkylation sites (tertiary alicyclic amines) is 1. The summed E-state index contributed by atoms with van der Waals surface area (Å²) in [4.78, 5) is 2.55. The first-order valence-corrected chi connectivity index (χ1v) is 7.06. The fourth-order valence-corrected chi connectivity index (χ4v) is 2.77. The van der Waals surface area contributed by atoms with Crippen LogP contribution in [0.4, 0.5) is 5.69 Å². The quantitative estimate of drug-likeness (QED) is 0.913. The molecule has 0 spiro atoms. The van der Waals surface area contributed by atoms with Crippen molar-refractivity contribution in [1.82, 2.24) is 4.90 Å². The van der Waals surface area contributed by atoms with Crippen molar-refractivity contribution in [3.8, 4) is 0 Å². The topological polar surface area (TPSA) is 15.3 Å². The van der Waals surface area contributed by atoms with Crippen LogP contribution in [0.25, 0.3) is 0 Å². The monoisotopic (exact) mass is 296 g/mol. The third-order valence-electron chi connectivity index (χ3n) is 3.34. The fraction of sp³-hybridized carbons (Fsp3) is 0.571. The van der Waals surface area contributed by atoms with E-state index < -0.39 is 0 Å². The Hall–Kier alpha value is -0.540. The van der Waals surface area contributed by atoms with Gasteiger partial charge < -0.3 is 10.2 Å². The highest BCUT2D eigenvalue weighted by Crippen LogP contribution is 2.28. The molecule has 1 aliphatic rings. The number of benzene rings is 1. The molecule has 0 radical (unpaired) electrons. The van der Waals surface area contributed by atoms with Crippen LogP contribution in [0.15, 0.2) is 28.7 Å². The summed E-state index contributed by atoms with van der Waals surface area (Å²) in [6, 6.07) is 8.34. The molecule has 3 heteroatoms. The number of nitrogens with one attached hydrogen (secondary N) is 1. The Morgan fingerprint density at radius 3 is 2.88 bits per heavy atom. The van der Waals surface area contributed by atoms with Crippen LogP contribution in [-0.2, 0) is 0 Å². The van der Waals surface area contributed by atoms with Crippen molar-refractivity contribution in [3.05, 3.63) is 28.7 Å². The summed E-state index contributed by atoms with van der Waals surface area (Å²) >= 11 is 3.48. The van der Waals surface area contributed by atoms with Crippen LogP contribution in [0, 0.1) is 5.41 Å². The first-order valence-electron chi connectivity index (χ1n) is 6.27. The average molecular weight is 297 g/mol. The number of halogens is 1. The lowest BCUT2D eigenvalue weighted by molar-refractivity contribution is 0.300. The van der Waals surface area contributed by atoms with Gasteiger partial charge in [0.2, 0.25) is 0 Å². The van der Waals surface area contributed by atoms with Gasteiger partial charge in [0.1, 0.15) is 0 Å². The second-order valence-corrected chi connectivity index (χ2v) is 6.54. The Bertz CT molecular complexity index is 376. The summed E-state index contributed by atoms with van der Waals surface area (Å²) < 4.78 is 1.13. The molecule has 1 fully saturated rings. The predicted molar refractivity (Wildman–Crippen MR) is 77.5 cm³/mol. The third kappa shape index (κ3) is 4.00. The molecule has 0 unspecified atom stereocenters. The van der Waals surface area contributed by atoms with Crippen LogP contribution >= 0.6 is 15.9 Å². The summed E-state index contributed by atoms with van der Waals surface area (Å²) in [6.45, 7) is 9.34. The van der Waals surface area contributed by atoms with E-state index in [0.717, 1.165) is 17.6 Å². The Morgan fingerprint density at radius 1 is 1.41 bits per heavy atom. The average Bonchev–Trinajstić information content (AvgIpc) is 2.58. The van der Waals surface area contributed by atoms with Gasteiger partial charge in [-0.1, -0.05) is 35.8 Å². The Kier molecular flexibility index (Phi) is 4.10. The molecule has 1 saturated heterocycles. The van der Waals surface area contributed by atoms with E-state index in [1.165, 1.54) is 25.2 Å². The third-order valence-corrected chi connectivity index (χ3v) is 3.83. The zero-order valence-corrected chi connectivity index (χ0v) is 12.3. The summed E-state index contributed by atoms with van der Waals surface area (Å²) in [6.07, 6.45) is 1.32. The molecule has 1 aromatic rings. The van der Waals surface area contributed by atoms with Gasteiger partial charge in [0.05, 0.1) is 0 Å². The smallest absolute Gasteiger partial charge is 0.0351 e. The molecule has 0 atom stereocenters. The van der Waals surface area contributed by atoms with E-state index in [1.807, 2.05) is 6.07 Å². The first kappa shape index (κ1) is 12.9. The maximum absolute atomic E-state index is 3.48. The zero-order valence-electron chi connectivity index (χ0n) is 10.7. The molecule has 0 amide bonds. The number of hydrogen-bond donors (Lipinski definition) is 1. The molecule has 17 heavy (non-hydrogen) atoms. The summed E-state index contributed by atoms with van der Waals surface area (Å²) in [7, 11) is 0. The van der Waals surface area contributed by atoms with Gasteiger partial charge in [-0.25, -0.2) is 0 Å². The molecule has 1 aliphatic heterocycles. The van der Waals surface area contributed by atoms with Gasteiger partial charge in [0.25, 0.3) is 0 Å². The molecular weight excluding hydrogens is 276 g/mol. The van der Waals surface area contributed by atoms with Crippen LogP contribution in [-0.4, -0.2) is 31.1 Å². The highest BCUT2D eigenvalue weighted by Gasteiger charge is 2.28. The van der Waals surface area contributed by atoms with Crippen LogP contribution < -0.4 is 5.32 Å². The lowest BCUT2D eigenvalue weighted by Gasteiger charge is -2.20. The molecule has 1 heterocycles. The number of rotatable bonds is 4. The summed E-state index contributed by atoms with van der Waals surface area (Å²) in [5, 5.41) is 3.47. The van der Waals surface area contributed by atoms with Crippen LogP contribution in [0.3, 0.4) is 0 Å². The van der Waals surface area contributed by atoms with E-state index in [-0.39, 0.29) is 0 Å². The van der Waals surface area contributed by atoms with E-state index >= 15 is 0 Å². The lowest BCUT2D eigenvalue weighted by atomic mass is 9.93. The second kappa shape index (κ2) is 5.40. The summed E-state index contributed by atoms with van der Waals surface area (Å²) in [5.74, 6) is 0. The molecular formula is C14H21BrN2. The SMILES string of the molecule is CC1(C)CCN(CCNc2cccc(Br)c2)C1. The van der Waals surface area contributed by atoms with Crippen molar-refractivity contribution in [1.29, 1.82) is 0 Å². The van der Waals surface area contributed by atoms with Crippen molar-refractivity contribution >= 4 is 21.6 Å². The van der Waals surface area contributed by atoms with Crippen molar-refractivity contribution in [3.63, 3.8) is 0 Å². The van der Waals surface area contributed by atoms with E-state index in [1.54, 1.807) is 0 Å². The Labute approximate surface area is 113 Å². The minimum atomic E-state index is 0.510. The highest BCUT2D eigenvalue weighted by molar-refractivity contribution is 9.10. The van der Waals surface area contributed by atoms with Crippen molar-refractivity contribution in [2.45, 2.75) is 20.3 Å². The van der Waals surface area contributed by atoms with Gasteiger partial charge in [-0.3, -0.25) is 0 Å². The molecule has 0 saturated carbocycles. The number of nitrogens with zero attached hydrogens (tertiary/aromatic N) is 1. The zero-order chi connectivity index (χ0) is 12.3. The van der Waals surface area contributed by atoms with E-state index in [0.29, 0.717) is 5.41 Å². The molecule has 1 aromatic carbocycles. The van der Waals surface area contributed by atoms with Gasteiger partial charge in [-0.2, -0.15) is 0 Å². The normalized spacial score (nSPS) is 19.5. The second-order valence-electron chi connectivity index (χ2n) is 5.63. The molecule has 2 nitrogen and oxygen atoms in total. The Morgan fingerprint density at radius 2 is 2.24 bits per heavy atom. The van der Waals surface area contributed by atoms with E-state index in [4.69, 9.17) is 0 Å². The Balaban J connectivity index is 1.73. The van der Waals surface area contributed by atoms with Crippen LogP contribution in [0.2, 0.25) is 0 Å². The molecule has 0 bridgehead atoms. The van der Waals surface area contributed by atoms with Crippen molar-refractivity contribution in [2.75, 3.05) is 31.5 Å². The van der Waals surface area contributed by atoms with Gasteiger partial charge in [-0.05, 0) is 36.6 Å². The molecule has 2 rings (SSSR count). The van der Waals surface area contributed by atoms with Gasteiger partial charge >= 0.3 is 0 Å². The standard InChI is InChI=1S/C14H21BrN2/c1-14(2)6-8-17(11-14)9-7-16-13-5-3-4-12(15)10-13/h3-5,10,16H,6-9,11H2,1-2H3. The van der Waals surface area contributed by atoms with Crippen molar-refractivity contribution < 1.29 is 0 Å². The molecule has 0 aliphatic carbocycles. The molecule has 1 N–H and O–H groups in total.